The predicted molar refractivity (Wildman–Crippen MR) is 112 cm³/mol. The maximum absolute atomic E-state index is 4.56. The van der Waals surface area contributed by atoms with Crippen LogP contribution in [0.15, 0.2) is 97.6 Å². The Bertz CT molecular complexity index is 1060. The van der Waals surface area contributed by atoms with Crippen molar-refractivity contribution in [1.82, 2.24) is 19.9 Å². The number of rotatable bonds is 4. The molecule has 0 saturated carbocycles. The molecule has 0 aliphatic carbocycles. The van der Waals surface area contributed by atoms with Crippen LogP contribution in [0.25, 0.3) is 45.6 Å². The number of hydrogen-bond acceptors (Lipinski definition) is 4. The molecule has 5 aromatic heterocycles. The molecule has 0 aliphatic rings. The Labute approximate surface area is 173 Å². The van der Waals surface area contributed by atoms with Gasteiger partial charge in [-0.2, -0.15) is 9.97 Å². The van der Waals surface area contributed by atoms with E-state index in [4.69, 9.17) is 0 Å². The molecule has 5 aromatic rings. The van der Waals surface area contributed by atoms with Gasteiger partial charge in [0.25, 0.3) is 0 Å². The smallest absolute Gasteiger partial charge is 0.250 e. The predicted octanol–water partition coefficient (Wildman–Crippen LogP) is 3.56. The Hall–Kier alpha value is -4.32. The second-order valence-electron chi connectivity index (χ2n) is 6.61. The zero-order chi connectivity index (χ0) is 20.2. The first-order chi connectivity index (χ1) is 14.9. The molecule has 0 spiro atoms. The van der Waals surface area contributed by atoms with Gasteiger partial charge in [0.15, 0.2) is 0 Å². The van der Waals surface area contributed by atoms with Crippen molar-refractivity contribution in [3.05, 3.63) is 97.6 Å². The van der Waals surface area contributed by atoms with E-state index in [2.05, 4.69) is 29.9 Å². The largest absolute Gasteiger partial charge is 0.304 e. The Morgan fingerprint density at radius 2 is 0.633 bits per heavy atom. The standard InChI is InChI=1S/C24H16N6/c1-5-13-25-17(9-1)21-22(18-10-2-6-14-26-18)30-24(20-12-4-8-16-28-20)23(29-21)19-11-3-7-15-27-19/h1-16H/p+2. The summed E-state index contributed by atoms with van der Waals surface area (Å²) in [6.07, 6.45) is 7.11. The molecule has 0 atom stereocenters. The SMILES string of the molecule is c1ccc(-c2[nH+]c(-c3ccccn3)c(-c3ccccn3)[nH+]c2-c2ccccn2)nc1. The van der Waals surface area contributed by atoms with E-state index in [0.717, 1.165) is 45.6 Å². The molecule has 5 heterocycles. The van der Waals surface area contributed by atoms with Gasteiger partial charge in [0.05, 0.1) is 0 Å². The summed E-state index contributed by atoms with van der Waals surface area (Å²) in [6, 6.07) is 23.3. The van der Waals surface area contributed by atoms with Gasteiger partial charge in [-0.15, -0.1) is 0 Å². The molecule has 0 unspecified atom stereocenters. The maximum Gasteiger partial charge on any atom is 0.304 e. The summed E-state index contributed by atoms with van der Waals surface area (Å²) in [5.41, 5.74) is 6.53. The first kappa shape index (κ1) is 17.8. The van der Waals surface area contributed by atoms with Crippen molar-refractivity contribution in [1.29, 1.82) is 0 Å². The number of nitrogens with one attached hydrogen (secondary N) is 2. The Balaban J connectivity index is 1.85. The Morgan fingerprint density at radius 3 is 0.833 bits per heavy atom. The summed E-state index contributed by atoms with van der Waals surface area (Å²) in [4.78, 5) is 25.4. The second kappa shape index (κ2) is 7.97. The van der Waals surface area contributed by atoms with Crippen LogP contribution in [-0.4, -0.2) is 19.9 Å². The molecule has 6 heteroatoms. The van der Waals surface area contributed by atoms with Gasteiger partial charge in [-0.1, -0.05) is 24.3 Å². The van der Waals surface area contributed by atoms with Gasteiger partial charge in [0.2, 0.25) is 0 Å². The quantitative estimate of drug-likeness (QED) is 0.470. The highest BCUT2D eigenvalue weighted by Gasteiger charge is 2.32. The maximum atomic E-state index is 4.56. The number of aromatic nitrogens is 6. The zero-order valence-electron chi connectivity index (χ0n) is 16.0. The van der Waals surface area contributed by atoms with Crippen LogP contribution in [0.4, 0.5) is 0 Å². The molecule has 2 N–H and O–H groups in total. The van der Waals surface area contributed by atoms with Crippen molar-refractivity contribution < 1.29 is 9.97 Å². The van der Waals surface area contributed by atoms with Gasteiger partial charge in [-0.25, -0.2) is 19.9 Å². The molecule has 0 aliphatic heterocycles. The van der Waals surface area contributed by atoms with Crippen molar-refractivity contribution in [3.8, 4) is 45.6 Å². The summed E-state index contributed by atoms with van der Waals surface area (Å²) < 4.78 is 0. The van der Waals surface area contributed by atoms with Gasteiger partial charge < -0.3 is 0 Å². The number of pyridine rings is 4. The van der Waals surface area contributed by atoms with Gasteiger partial charge in [0, 0.05) is 24.8 Å². The van der Waals surface area contributed by atoms with Crippen LogP contribution in [-0.2, 0) is 0 Å². The van der Waals surface area contributed by atoms with E-state index in [0.29, 0.717) is 0 Å². The van der Waals surface area contributed by atoms with Crippen molar-refractivity contribution >= 4 is 0 Å². The minimum Gasteiger partial charge on any atom is -0.250 e. The number of hydrogen-bond donors (Lipinski definition) is 0. The van der Waals surface area contributed by atoms with Gasteiger partial charge >= 0.3 is 22.8 Å². The Kier molecular flexibility index (Phi) is 4.72. The third-order valence-corrected chi connectivity index (χ3v) is 4.68. The molecule has 0 bridgehead atoms. The van der Waals surface area contributed by atoms with E-state index >= 15 is 0 Å². The second-order valence-corrected chi connectivity index (χ2v) is 6.61. The van der Waals surface area contributed by atoms with Crippen LogP contribution in [0.5, 0.6) is 0 Å². The molecule has 30 heavy (non-hydrogen) atoms. The van der Waals surface area contributed by atoms with Crippen LogP contribution >= 0.6 is 0 Å². The van der Waals surface area contributed by atoms with E-state index in [1.165, 1.54) is 0 Å². The van der Waals surface area contributed by atoms with E-state index < -0.39 is 0 Å². The van der Waals surface area contributed by atoms with Crippen molar-refractivity contribution in [2.24, 2.45) is 0 Å². The minimum atomic E-state index is 0.805. The molecule has 0 aromatic carbocycles. The molecular weight excluding hydrogens is 372 g/mol. The van der Waals surface area contributed by atoms with Crippen LogP contribution in [0.3, 0.4) is 0 Å². The highest BCUT2D eigenvalue weighted by Crippen LogP contribution is 2.28. The average Bonchev–Trinajstić information content (AvgIpc) is 2.85. The lowest BCUT2D eigenvalue weighted by Gasteiger charge is -2.04. The fourth-order valence-electron chi connectivity index (χ4n) is 3.31. The minimum absolute atomic E-state index is 0.805. The molecule has 142 valence electrons. The topological polar surface area (TPSA) is 79.8 Å². The summed E-state index contributed by atoms with van der Waals surface area (Å²) in [5.74, 6) is 0. The summed E-state index contributed by atoms with van der Waals surface area (Å²) in [6.45, 7) is 0. The third kappa shape index (κ3) is 3.42. The molecule has 0 amide bonds. The van der Waals surface area contributed by atoms with Crippen LogP contribution < -0.4 is 9.97 Å². The first-order valence-corrected chi connectivity index (χ1v) is 9.58. The molecule has 5 rings (SSSR count). The number of nitrogens with zero attached hydrogens (tertiary/aromatic N) is 4. The highest BCUT2D eigenvalue weighted by molar-refractivity contribution is 5.74. The average molecular weight is 390 g/mol. The molecule has 0 saturated heterocycles. The first-order valence-electron chi connectivity index (χ1n) is 9.58. The number of aromatic amines is 2. The summed E-state index contributed by atoms with van der Waals surface area (Å²) >= 11 is 0. The Morgan fingerprint density at radius 1 is 0.367 bits per heavy atom. The lowest BCUT2D eigenvalue weighted by molar-refractivity contribution is -0.412. The van der Waals surface area contributed by atoms with E-state index in [-0.39, 0.29) is 0 Å². The highest BCUT2D eigenvalue weighted by atomic mass is 14.9. The zero-order valence-corrected chi connectivity index (χ0v) is 16.0. The lowest BCUT2D eigenvalue weighted by Crippen LogP contribution is -2.26. The van der Waals surface area contributed by atoms with Crippen molar-refractivity contribution in [2.45, 2.75) is 0 Å². The number of H-pyrrole nitrogens is 2. The monoisotopic (exact) mass is 390 g/mol. The van der Waals surface area contributed by atoms with Gasteiger partial charge in [0.1, 0.15) is 22.8 Å². The third-order valence-electron chi connectivity index (χ3n) is 4.68. The normalized spacial score (nSPS) is 10.7. The van der Waals surface area contributed by atoms with Crippen molar-refractivity contribution in [3.63, 3.8) is 0 Å². The summed E-state index contributed by atoms with van der Waals surface area (Å²) in [7, 11) is 0. The summed E-state index contributed by atoms with van der Waals surface area (Å²) in [5, 5.41) is 0. The fourth-order valence-corrected chi connectivity index (χ4v) is 3.31. The van der Waals surface area contributed by atoms with Gasteiger partial charge in [-0.3, -0.25) is 0 Å². The van der Waals surface area contributed by atoms with Crippen LogP contribution in [0.2, 0.25) is 0 Å². The molecule has 0 radical (unpaired) electrons. The van der Waals surface area contributed by atoms with Gasteiger partial charge in [-0.05, 0) is 48.5 Å². The van der Waals surface area contributed by atoms with Crippen LogP contribution in [0, 0.1) is 0 Å². The van der Waals surface area contributed by atoms with E-state index in [9.17, 15) is 0 Å². The van der Waals surface area contributed by atoms with Crippen molar-refractivity contribution in [2.75, 3.05) is 0 Å². The lowest BCUT2D eigenvalue weighted by atomic mass is 10.1. The molecule has 0 fully saturated rings. The fraction of sp³-hybridized carbons (Fsp3) is 0. The molecule has 6 nitrogen and oxygen atoms in total. The van der Waals surface area contributed by atoms with Crippen LogP contribution in [0.1, 0.15) is 0 Å². The van der Waals surface area contributed by atoms with E-state index in [1.807, 2.05) is 72.8 Å². The molecular formula is C24H18N6+2. The van der Waals surface area contributed by atoms with E-state index in [1.54, 1.807) is 24.8 Å².